The Morgan fingerprint density at radius 1 is 1.27 bits per heavy atom. The Balaban J connectivity index is 1.58. The number of nitrogens with zero attached hydrogens (tertiary/aromatic N) is 3. The third kappa shape index (κ3) is 4.20. The zero-order chi connectivity index (χ0) is 18.7. The van der Waals surface area contributed by atoms with Crippen LogP contribution in [0.5, 0.6) is 0 Å². The summed E-state index contributed by atoms with van der Waals surface area (Å²) in [6.45, 7) is 6.53. The van der Waals surface area contributed by atoms with Crippen LogP contribution in [0.25, 0.3) is 11.4 Å². The molecule has 0 spiro atoms. The van der Waals surface area contributed by atoms with Gasteiger partial charge in [0.25, 0.3) is 0 Å². The van der Waals surface area contributed by atoms with Crippen LogP contribution in [-0.4, -0.2) is 32.6 Å². The van der Waals surface area contributed by atoms with Crippen molar-refractivity contribution in [2.45, 2.75) is 51.2 Å². The quantitative estimate of drug-likeness (QED) is 0.621. The standard InChI is InChI=1S/C19H27N5OS/c1-12-7-9-15(10-8-12)18-22-23-19(24(18)20)26-11-17(25)21-16-6-4-5-13(2)14(16)3/h7-10,13-14,16H,4-6,11,20H2,1-3H3,(H,21,25)/t13-,14+,16-/m1/s1. The van der Waals surface area contributed by atoms with Gasteiger partial charge in [-0.2, -0.15) is 0 Å². The molecule has 1 aliphatic rings. The van der Waals surface area contributed by atoms with Crippen molar-refractivity contribution in [1.29, 1.82) is 0 Å². The Morgan fingerprint density at radius 2 is 2.00 bits per heavy atom. The van der Waals surface area contributed by atoms with E-state index in [1.54, 1.807) is 0 Å². The first kappa shape index (κ1) is 18.8. The van der Waals surface area contributed by atoms with Crippen molar-refractivity contribution in [1.82, 2.24) is 20.2 Å². The van der Waals surface area contributed by atoms with E-state index < -0.39 is 0 Å². The fourth-order valence-electron chi connectivity index (χ4n) is 3.44. The molecule has 1 aromatic carbocycles. The summed E-state index contributed by atoms with van der Waals surface area (Å²) in [5.74, 6) is 8.22. The van der Waals surface area contributed by atoms with Gasteiger partial charge in [-0.3, -0.25) is 4.79 Å². The molecular formula is C19H27N5OS. The minimum Gasteiger partial charge on any atom is -0.352 e. The highest BCUT2D eigenvalue weighted by atomic mass is 32.2. The highest BCUT2D eigenvalue weighted by molar-refractivity contribution is 7.99. The molecule has 26 heavy (non-hydrogen) atoms. The van der Waals surface area contributed by atoms with Crippen LogP contribution in [0, 0.1) is 18.8 Å². The van der Waals surface area contributed by atoms with Gasteiger partial charge in [0.15, 0.2) is 5.82 Å². The minimum atomic E-state index is 0.0286. The number of nitrogen functional groups attached to an aromatic ring is 1. The lowest BCUT2D eigenvalue weighted by Crippen LogP contribution is -2.44. The van der Waals surface area contributed by atoms with Crippen LogP contribution in [0.1, 0.15) is 38.7 Å². The molecule has 3 N–H and O–H groups in total. The second-order valence-corrected chi connectivity index (χ2v) is 8.21. The SMILES string of the molecule is Cc1ccc(-c2nnc(SCC(=O)N[C@@H]3CCC[C@@H](C)[C@@H]3C)n2N)cc1. The van der Waals surface area contributed by atoms with E-state index in [0.717, 1.165) is 12.0 Å². The molecule has 0 radical (unpaired) electrons. The molecule has 3 atom stereocenters. The zero-order valence-corrected chi connectivity index (χ0v) is 16.4. The summed E-state index contributed by atoms with van der Waals surface area (Å²) >= 11 is 1.32. The topological polar surface area (TPSA) is 85.8 Å². The molecule has 3 rings (SSSR count). The van der Waals surface area contributed by atoms with Crippen LogP contribution in [-0.2, 0) is 4.79 Å². The summed E-state index contributed by atoms with van der Waals surface area (Å²) < 4.78 is 1.45. The molecule has 1 amide bonds. The van der Waals surface area contributed by atoms with Crippen LogP contribution in [0.15, 0.2) is 29.4 Å². The van der Waals surface area contributed by atoms with Crippen LogP contribution in [0.2, 0.25) is 0 Å². The molecule has 0 aliphatic heterocycles. The molecule has 140 valence electrons. The van der Waals surface area contributed by atoms with Crippen molar-refractivity contribution in [3.63, 3.8) is 0 Å². The van der Waals surface area contributed by atoms with Crippen molar-refractivity contribution < 1.29 is 4.79 Å². The van der Waals surface area contributed by atoms with Gasteiger partial charge in [-0.05, 0) is 25.2 Å². The molecule has 1 aliphatic carbocycles. The molecule has 6 nitrogen and oxygen atoms in total. The van der Waals surface area contributed by atoms with Crippen LogP contribution < -0.4 is 11.2 Å². The van der Waals surface area contributed by atoms with Gasteiger partial charge in [-0.15, -0.1) is 10.2 Å². The van der Waals surface area contributed by atoms with E-state index in [2.05, 4.69) is 29.4 Å². The van der Waals surface area contributed by atoms with Crippen molar-refractivity contribution >= 4 is 17.7 Å². The van der Waals surface area contributed by atoms with Gasteiger partial charge < -0.3 is 11.2 Å². The number of amides is 1. The molecule has 7 heteroatoms. The fraction of sp³-hybridized carbons (Fsp3) is 0.526. The first-order valence-electron chi connectivity index (χ1n) is 9.15. The zero-order valence-electron chi connectivity index (χ0n) is 15.6. The summed E-state index contributed by atoms with van der Waals surface area (Å²) in [7, 11) is 0. The average molecular weight is 374 g/mol. The number of rotatable bonds is 5. The normalized spacial score (nSPS) is 23.0. The number of aryl methyl sites for hydroxylation is 1. The number of carbonyl (C=O) groups is 1. The molecule has 1 aromatic heterocycles. The monoisotopic (exact) mass is 373 g/mol. The molecular weight excluding hydrogens is 346 g/mol. The molecule has 0 unspecified atom stereocenters. The smallest absolute Gasteiger partial charge is 0.230 e. The van der Waals surface area contributed by atoms with Gasteiger partial charge in [0.2, 0.25) is 11.1 Å². The summed E-state index contributed by atoms with van der Waals surface area (Å²) in [4.78, 5) is 12.3. The van der Waals surface area contributed by atoms with Gasteiger partial charge in [0, 0.05) is 11.6 Å². The third-order valence-electron chi connectivity index (χ3n) is 5.36. The van der Waals surface area contributed by atoms with E-state index in [0.29, 0.717) is 28.6 Å². The predicted molar refractivity (Wildman–Crippen MR) is 105 cm³/mol. The minimum absolute atomic E-state index is 0.0286. The van der Waals surface area contributed by atoms with E-state index in [4.69, 9.17) is 5.84 Å². The maximum atomic E-state index is 12.3. The van der Waals surface area contributed by atoms with Crippen LogP contribution >= 0.6 is 11.8 Å². The lowest BCUT2D eigenvalue weighted by Gasteiger charge is -2.34. The molecule has 0 bridgehead atoms. The maximum absolute atomic E-state index is 12.3. The largest absolute Gasteiger partial charge is 0.352 e. The molecule has 2 aromatic rings. The molecule has 1 saturated carbocycles. The van der Waals surface area contributed by atoms with E-state index in [1.165, 1.54) is 34.8 Å². The van der Waals surface area contributed by atoms with E-state index >= 15 is 0 Å². The number of hydrogen-bond acceptors (Lipinski definition) is 5. The van der Waals surface area contributed by atoms with Crippen molar-refractivity contribution in [3.05, 3.63) is 29.8 Å². The van der Waals surface area contributed by atoms with E-state index in [9.17, 15) is 4.79 Å². The van der Waals surface area contributed by atoms with Crippen molar-refractivity contribution in [3.8, 4) is 11.4 Å². The number of nitrogens with two attached hydrogens (primary N) is 1. The van der Waals surface area contributed by atoms with Crippen LogP contribution in [0.3, 0.4) is 0 Å². The summed E-state index contributed by atoms with van der Waals surface area (Å²) in [6.07, 6.45) is 3.49. The highest BCUT2D eigenvalue weighted by Gasteiger charge is 2.28. The number of nitrogens with one attached hydrogen (secondary N) is 1. The Morgan fingerprint density at radius 3 is 2.73 bits per heavy atom. The molecule has 0 saturated heterocycles. The second-order valence-electron chi connectivity index (χ2n) is 7.27. The van der Waals surface area contributed by atoms with Gasteiger partial charge in [-0.25, -0.2) is 4.68 Å². The third-order valence-corrected chi connectivity index (χ3v) is 6.30. The van der Waals surface area contributed by atoms with Gasteiger partial charge in [0.1, 0.15) is 0 Å². The fourth-order valence-corrected chi connectivity index (χ4v) is 4.11. The van der Waals surface area contributed by atoms with E-state index in [1.807, 2.05) is 31.2 Å². The Labute approximate surface area is 158 Å². The summed E-state index contributed by atoms with van der Waals surface area (Å²) in [6, 6.07) is 8.23. The van der Waals surface area contributed by atoms with Crippen molar-refractivity contribution in [2.75, 3.05) is 11.6 Å². The van der Waals surface area contributed by atoms with Crippen LogP contribution in [0.4, 0.5) is 0 Å². The second kappa shape index (κ2) is 8.12. The van der Waals surface area contributed by atoms with Crippen molar-refractivity contribution in [2.24, 2.45) is 11.8 Å². The number of hydrogen-bond donors (Lipinski definition) is 2. The first-order chi connectivity index (χ1) is 12.5. The molecule has 1 fully saturated rings. The number of thioether (sulfide) groups is 1. The van der Waals surface area contributed by atoms with Gasteiger partial charge >= 0.3 is 0 Å². The maximum Gasteiger partial charge on any atom is 0.230 e. The number of benzene rings is 1. The Bertz CT molecular complexity index is 758. The number of aromatic nitrogens is 3. The highest BCUT2D eigenvalue weighted by Crippen LogP contribution is 2.29. The Kier molecular flexibility index (Phi) is 5.86. The average Bonchev–Trinajstić information content (AvgIpc) is 2.99. The summed E-state index contributed by atoms with van der Waals surface area (Å²) in [5, 5.41) is 12.0. The molecule has 1 heterocycles. The van der Waals surface area contributed by atoms with Gasteiger partial charge in [0.05, 0.1) is 5.75 Å². The van der Waals surface area contributed by atoms with E-state index in [-0.39, 0.29) is 11.9 Å². The number of carbonyl (C=O) groups excluding carboxylic acids is 1. The summed E-state index contributed by atoms with van der Waals surface area (Å²) in [5.41, 5.74) is 2.08. The Hall–Kier alpha value is -2.02. The lowest BCUT2D eigenvalue weighted by molar-refractivity contribution is -0.120. The predicted octanol–water partition coefficient (Wildman–Crippen LogP) is 3.00. The lowest BCUT2D eigenvalue weighted by atomic mass is 9.78. The first-order valence-corrected chi connectivity index (χ1v) is 10.1. The van der Waals surface area contributed by atoms with Gasteiger partial charge in [-0.1, -0.05) is 68.3 Å².